The van der Waals surface area contributed by atoms with E-state index in [2.05, 4.69) is 15.8 Å². The zero-order chi connectivity index (χ0) is 10.3. The van der Waals surface area contributed by atoms with Crippen LogP contribution in [0.3, 0.4) is 0 Å². The van der Waals surface area contributed by atoms with Crippen molar-refractivity contribution < 1.29 is 4.74 Å². The number of nitrogens with two attached hydrogens (primary N) is 1. The van der Waals surface area contributed by atoms with Crippen LogP contribution in [0.5, 0.6) is 0 Å². The summed E-state index contributed by atoms with van der Waals surface area (Å²) in [6.45, 7) is 1.67. The minimum absolute atomic E-state index is 0.0893. The molecule has 2 N–H and O–H groups in total. The molecule has 15 heavy (non-hydrogen) atoms. The number of hydrogen-bond acceptors (Lipinski definition) is 3. The lowest BCUT2D eigenvalue weighted by atomic mass is 10.1. The van der Waals surface area contributed by atoms with Crippen molar-refractivity contribution in [2.75, 3.05) is 13.2 Å². The van der Waals surface area contributed by atoms with E-state index in [-0.39, 0.29) is 5.54 Å². The molecule has 4 heteroatoms. The minimum Gasteiger partial charge on any atom is -0.379 e. The lowest BCUT2D eigenvalue weighted by Crippen LogP contribution is -2.29. The van der Waals surface area contributed by atoms with Gasteiger partial charge in [0.1, 0.15) is 0 Å². The lowest BCUT2D eigenvalue weighted by Gasteiger charge is -2.25. The molecule has 0 spiro atoms. The zero-order valence-corrected chi connectivity index (χ0v) is 8.85. The molecule has 0 radical (unpaired) electrons. The number of ether oxygens (including phenoxy) is 1. The van der Waals surface area contributed by atoms with Crippen LogP contribution >= 0.6 is 0 Å². The van der Waals surface area contributed by atoms with Crippen LogP contribution in [-0.2, 0) is 10.3 Å². The summed E-state index contributed by atoms with van der Waals surface area (Å²) in [7, 11) is 0. The van der Waals surface area contributed by atoms with E-state index >= 15 is 0 Å². The molecular weight excluding hydrogens is 190 g/mol. The van der Waals surface area contributed by atoms with Gasteiger partial charge in [-0.3, -0.25) is 4.68 Å². The molecule has 1 aliphatic carbocycles. The second-order valence-electron chi connectivity index (χ2n) is 4.69. The highest BCUT2D eigenvalue weighted by molar-refractivity contribution is 5.22. The zero-order valence-electron chi connectivity index (χ0n) is 8.85. The fraction of sp³-hybridized carbons (Fsp3) is 0.727. The molecule has 1 saturated carbocycles. The van der Waals surface area contributed by atoms with E-state index in [1.807, 2.05) is 6.20 Å². The first-order valence-corrected chi connectivity index (χ1v) is 5.70. The lowest BCUT2D eigenvalue weighted by molar-refractivity contribution is 0.0533. The SMILES string of the molecule is NC1(c2ccnn2C2CCCOC2)CC1. The summed E-state index contributed by atoms with van der Waals surface area (Å²) in [5.41, 5.74) is 7.32. The van der Waals surface area contributed by atoms with Crippen molar-refractivity contribution >= 4 is 0 Å². The van der Waals surface area contributed by atoms with Gasteiger partial charge in [-0.25, -0.2) is 0 Å². The molecule has 1 unspecified atom stereocenters. The van der Waals surface area contributed by atoms with Crippen LogP contribution < -0.4 is 5.73 Å². The van der Waals surface area contributed by atoms with Crippen LogP contribution in [0, 0.1) is 0 Å². The van der Waals surface area contributed by atoms with Gasteiger partial charge in [-0.1, -0.05) is 0 Å². The molecule has 0 amide bonds. The molecule has 1 aromatic heterocycles. The number of aromatic nitrogens is 2. The van der Waals surface area contributed by atoms with E-state index in [9.17, 15) is 0 Å². The first kappa shape index (κ1) is 9.36. The van der Waals surface area contributed by atoms with Crippen LogP contribution in [0.4, 0.5) is 0 Å². The van der Waals surface area contributed by atoms with Gasteiger partial charge >= 0.3 is 0 Å². The maximum Gasteiger partial charge on any atom is 0.0757 e. The van der Waals surface area contributed by atoms with Gasteiger partial charge in [-0.2, -0.15) is 5.10 Å². The average Bonchev–Trinajstić information content (AvgIpc) is 2.85. The summed E-state index contributed by atoms with van der Waals surface area (Å²) in [5, 5.41) is 4.40. The largest absolute Gasteiger partial charge is 0.379 e. The van der Waals surface area contributed by atoms with Gasteiger partial charge in [0.25, 0.3) is 0 Å². The highest BCUT2D eigenvalue weighted by atomic mass is 16.5. The molecule has 2 fully saturated rings. The Bertz CT molecular complexity index is 350. The Morgan fingerprint density at radius 2 is 2.40 bits per heavy atom. The third-order valence-electron chi connectivity index (χ3n) is 3.45. The standard InChI is InChI=1S/C11H17N3O/c12-11(4-5-11)10-3-6-13-14(10)9-2-1-7-15-8-9/h3,6,9H,1-2,4-5,7-8,12H2. The second kappa shape index (κ2) is 3.32. The van der Waals surface area contributed by atoms with E-state index < -0.39 is 0 Å². The molecular formula is C11H17N3O. The second-order valence-corrected chi connectivity index (χ2v) is 4.69. The van der Waals surface area contributed by atoms with Gasteiger partial charge < -0.3 is 10.5 Å². The molecule has 1 atom stereocenters. The maximum absolute atomic E-state index is 6.22. The van der Waals surface area contributed by atoms with Crippen molar-refractivity contribution in [1.82, 2.24) is 9.78 Å². The highest BCUT2D eigenvalue weighted by Crippen LogP contribution is 2.43. The van der Waals surface area contributed by atoms with Gasteiger partial charge in [-0.05, 0) is 31.7 Å². The molecule has 3 rings (SSSR count). The van der Waals surface area contributed by atoms with Gasteiger partial charge in [0.15, 0.2) is 0 Å². The van der Waals surface area contributed by atoms with Crippen LogP contribution in [-0.4, -0.2) is 23.0 Å². The predicted octanol–water partition coefficient (Wildman–Crippen LogP) is 1.18. The fourth-order valence-electron chi connectivity index (χ4n) is 2.31. The molecule has 1 aliphatic heterocycles. The van der Waals surface area contributed by atoms with Crippen molar-refractivity contribution in [3.05, 3.63) is 18.0 Å². The van der Waals surface area contributed by atoms with Crippen molar-refractivity contribution in [2.45, 2.75) is 37.3 Å². The summed E-state index contributed by atoms with van der Waals surface area (Å²) >= 11 is 0. The Hall–Kier alpha value is -0.870. The molecule has 1 saturated heterocycles. The topological polar surface area (TPSA) is 53.1 Å². The van der Waals surface area contributed by atoms with Gasteiger partial charge in [0.2, 0.25) is 0 Å². The molecule has 2 heterocycles. The van der Waals surface area contributed by atoms with Crippen LogP contribution in [0.25, 0.3) is 0 Å². The number of rotatable bonds is 2. The third kappa shape index (κ3) is 1.58. The Kier molecular flexibility index (Phi) is 2.07. The van der Waals surface area contributed by atoms with E-state index in [0.717, 1.165) is 38.9 Å². The first-order valence-electron chi connectivity index (χ1n) is 5.70. The molecule has 0 aromatic carbocycles. The summed E-state index contributed by atoms with van der Waals surface area (Å²) in [6, 6.07) is 2.45. The van der Waals surface area contributed by atoms with Crippen molar-refractivity contribution in [3.63, 3.8) is 0 Å². The summed E-state index contributed by atoms with van der Waals surface area (Å²) in [4.78, 5) is 0. The summed E-state index contributed by atoms with van der Waals surface area (Å²) in [5.74, 6) is 0. The Balaban J connectivity index is 1.87. The number of nitrogens with zero attached hydrogens (tertiary/aromatic N) is 2. The Morgan fingerprint density at radius 3 is 3.07 bits per heavy atom. The highest BCUT2D eigenvalue weighted by Gasteiger charge is 2.43. The summed E-state index contributed by atoms with van der Waals surface area (Å²) < 4.78 is 7.58. The molecule has 1 aromatic rings. The van der Waals surface area contributed by atoms with Crippen LogP contribution in [0.15, 0.2) is 12.3 Å². The Labute approximate surface area is 89.4 Å². The van der Waals surface area contributed by atoms with Crippen LogP contribution in [0.1, 0.15) is 37.4 Å². The average molecular weight is 207 g/mol. The Morgan fingerprint density at radius 1 is 1.53 bits per heavy atom. The molecule has 0 bridgehead atoms. The summed E-state index contributed by atoms with van der Waals surface area (Å²) in [6.07, 6.45) is 6.32. The van der Waals surface area contributed by atoms with E-state index in [4.69, 9.17) is 10.5 Å². The van der Waals surface area contributed by atoms with Crippen molar-refractivity contribution in [3.8, 4) is 0 Å². The molecule has 82 valence electrons. The first-order chi connectivity index (χ1) is 7.30. The molecule has 4 nitrogen and oxygen atoms in total. The van der Waals surface area contributed by atoms with Crippen LogP contribution in [0.2, 0.25) is 0 Å². The molecule has 2 aliphatic rings. The maximum atomic E-state index is 6.22. The van der Waals surface area contributed by atoms with Gasteiger partial charge in [0, 0.05) is 12.8 Å². The van der Waals surface area contributed by atoms with Crippen molar-refractivity contribution in [1.29, 1.82) is 0 Å². The normalized spacial score (nSPS) is 29.0. The quantitative estimate of drug-likeness (QED) is 0.792. The number of hydrogen-bond donors (Lipinski definition) is 1. The van der Waals surface area contributed by atoms with E-state index in [0.29, 0.717) is 6.04 Å². The minimum atomic E-state index is -0.0893. The van der Waals surface area contributed by atoms with E-state index in [1.165, 1.54) is 5.69 Å². The monoisotopic (exact) mass is 207 g/mol. The third-order valence-corrected chi connectivity index (χ3v) is 3.45. The predicted molar refractivity (Wildman–Crippen MR) is 56.4 cm³/mol. The van der Waals surface area contributed by atoms with Gasteiger partial charge in [0.05, 0.1) is 23.9 Å². The fourth-order valence-corrected chi connectivity index (χ4v) is 2.31. The van der Waals surface area contributed by atoms with Gasteiger partial charge in [-0.15, -0.1) is 0 Å². The smallest absolute Gasteiger partial charge is 0.0757 e. The van der Waals surface area contributed by atoms with E-state index in [1.54, 1.807) is 0 Å². The van der Waals surface area contributed by atoms with Crippen molar-refractivity contribution in [2.24, 2.45) is 5.73 Å².